The van der Waals surface area contributed by atoms with Gasteiger partial charge in [0.1, 0.15) is 5.82 Å². The molecule has 0 amide bonds. The minimum absolute atomic E-state index is 0.152. The van der Waals surface area contributed by atoms with Crippen molar-refractivity contribution >= 4 is 31.9 Å². The average molecular weight is 387 g/mol. The van der Waals surface area contributed by atoms with E-state index in [-0.39, 0.29) is 11.9 Å². The third-order valence-corrected chi connectivity index (χ3v) is 4.17. The predicted octanol–water partition coefficient (Wildman–Crippen LogP) is 5.20. The molecule has 1 N–H and O–H groups in total. The second-order valence-electron chi connectivity index (χ2n) is 4.39. The molecule has 0 heterocycles. The maximum Gasteiger partial charge on any atom is 0.124 e. The van der Waals surface area contributed by atoms with Crippen molar-refractivity contribution in [3.8, 4) is 0 Å². The van der Waals surface area contributed by atoms with E-state index in [2.05, 4.69) is 56.2 Å². The van der Waals surface area contributed by atoms with E-state index in [1.165, 1.54) is 17.7 Å². The zero-order chi connectivity index (χ0) is 13.8. The van der Waals surface area contributed by atoms with Crippen molar-refractivity contribution in [1.29, 1.82) is 0 Å². The first kappa shape index (κ1) is 14.7. The van der Waals surface area contributed by atoms with E-state index in [9.17, 15) is 4.39 Å². The van der Waals surface area contributed by atoms with Crippen molar-refractivity contribution in [1.82, 2.24) is 5.32 Å². The lowest BCUT2D eigenvalue weighted by molar-refractivity contribution is 0.568. The highest BCUT2D eigenvalue weighted by atomic mass is 79.9. The van der Waals surface area contributed by atoms with E-state index in [1.807, 2.05) is 12.1 Å². The Morgan fingerprint density at radius 1 is 1.11 bits per heavy atom. The summed E-state index contributed by atoms with van der Waals surface area (Å²) < 4.78 is 14.9. The van der Waals surface area contributed by atoms with E-state index in [0.29, 0.717) is 0 Å². The quantitative estimate of drug-likeness (QED) is 0.761. The molecular formula is C15H14Br2FN. The molecule has 2 rings (SSSR count). The third-order valence-electron chi connectivity index (χ3n) is 2.95. The standard InChI is InChI=1S/C15H14Br2FN/c1-10(14-7-6-13(18)8-15(14)17)19-9-11-2-4-12(16)5-3-11/h2-8,10,19H,9H2,1H3. The van der Waals surface area contributed by atoms with Crippen LogP contribution in [0.3, 0.4) is 0 Å². The summed E-state index contributed by atoms with van der Waals surface area (Å²) in [6.07, 6.45) is 0. The summed E-state index contributed by atoms with van der Waals surface area (Å²) in [4.78, 5) is 0. The minimum Gasteiger partial charge on any atom is -0.306 e. The number of nitrogens with one attached hydrogen (secondary N) is 1. The zero-order valence-corrected chi connectivity index (χ0v) is 13.6. The zero-order valence-electron chi connectivity index (χ0n) is 10.5. The van der Waals surface area contributed by atoms with Crippen LogP contribution in [-0.2, 0) is 6.54 Å². The van der Waals surface area contributed by atoms with Gasteiger partial charge < -0.3 is 5.32 Å². The molecular weight excluding hydrogens is 373 g/mol. The molecule has 0 saturated heterocycles. The first-order valence-corrected chi connectivity index (χ1v) is 7.57. The fourth-order valence-electron chi connectivity index (χ4n) is 1.84. The average Bonchev–Trinajstić information content (AvgIpc) is 2.37. The van der Waals surface area contributed by atoms with Crippen LogP contribution in [0.2, 0.25) is 0 Å². The maximum atomic E-state index is 13.0. The fourth-order valence-corrected chi connectivity index (χ4v) is 2.79. The summed E-state index contributed by atoms with van der Waals surface area (Å²) in [5.74, 6) is -0.226. The molecule has 100 valence electrons. The molecule has 0 bridgehead atoms. The fraction of sp³-hybridized carbons (Fsp3) is 0.200. The Bertz CT molecular complexity index is 555. The lowest BCUT2D eigenvalue weighted by Crippen LogP contribution is -2.18. The first-order valence-electron chi connectivity index (χ1n) is 5.99. The van der Waals surface area contributed by atoms with Crippen molar-refractivity contribution in [3.05, 3.63) is 68.4 Å². The van der Waals surface area contributed by atoms with Crippen LogP contribution in [0.4, 0.5) is 4.39 Å². The smallest absolute Gasteiger partial charge is 0.124 e. The van der Waals surface area contributed by atoms with Crippen LogP contribution in [0.15, 0.2) is 51.4 Å². The van der Waals surface area contributed by atoms with Crippen molar-refractivity contribution in [2.75, 3.05) is 0 Å². The van der Waals surface area contributed by atoms with Gasteiger partial charge in [0.15, 0.2) is 0 Å². The number of hydrogen-bond acceptors (Lipinski definition) is 1. The molecule has 2 aromatic carbocycles. The summed E-state index contributed by atoms with van der Waals surface area (Å²) in [7, 11) is 0. The molecule has 0 radical (unpaired) electrons. The number of hydrogen-bond donors (Lipinski definition) is 1. The monoisotopic (exact) mass is 385 g/mol. The van der Waals surface area contributed by atoms with E-state index in [1.54, 1.807) is 6.07 Å². The van der Waals surface area contributed by atoms with Gasteiger partial charge in [0.05, 0.1) is 0 Å². The minimum atomic E-state index is -0.226. The van der Waals surface area contributed by atoms with Gasteiger partial charge in [0, 0.05) is 21.5 Å². The normalized spacial score (nSPS) is 12.4. The maximum absolute atomic E-state index is 13.0. The van der Waals surface area contributed by atoms with Crippen molar-refractivity contribution in [2.45, 2.75) is 19.5 Å². The molecule has 1 unspecified atom stereocenters. The molecule has 0 saturated carbocycles. The molecule has 19 heavy (non-hydrogen) atoms. The van der Waals surface area contributed by atoms with Crippen LogP contribution in [0.1, 0.15) is 24.1 Å². The van der Waals surface area contributed by atoms with Gasteiger partial charge >= 0.3 is 0 Å². The van der Waals surface area contributed by atoms with Crippen LogP contribution in [-0.4, -0.2) is 0 Å². The van der Waals surface area contributed by atoms with Gasteiger partial charge in [-0.1, -0.05) is 50.1 Å². The Hall–Kier alpha value is -0.710. The molecule has 0 aliphatic heterocycles. The molecule has 4 heteroatoms. The highest BCUT2D eigenvalue weighted by Crippen LogP contribution is 2.24. The molecule has 1 atom stereocenters. The molecule has 2 aromatic rings. The van der Waals surface area contributed by atoms with Crippen LogP contribution < -0.4 is 5.32 Å². The number of rotatable bonds is 4. The van der Waals surface area contributed by atoms with E-state index < -0.39 is 0 Å². The molecule has 0 fully saturated rings. The largest absolute Gasteiger partial charge is 0.306 e. The third kappa shape index (κ3) is 4.13. The van der Waals surface area contributed by atoms with Crippen molar-refractivity contribution in [2.24, 2.45) is 0 Å². The Balaban J connectivity index is 2.01. The van der Waals surface area contributed by atoms with Gasteiger partial charge in [-0.15, -0.1) is 0 Å². The number of benzene rings is 2. The van der Waals surface area contributed by atoms with E-state index >= 15 is 0 Å². The topological polar surface area (TPSA) is 12.0 Å². The summed E-state index contributed by atoms with van der Waals surface area (Å²) in [6.45, 7) is 2.84. The molecule has 1 nitrogen and oxygen atoms in total. The highest BCUT2D eigenvalue weighted by Gasteiger charge is 2.09. The van der Waals surface area contributed by atoms with E-state index in [0.717, 1.165) is 21.1 Å². The lowest BCUT2D eigenvalue weighted by atomic mass is 10.1. The Labute approximate surface area is 129 Å². The second kappa shape index (κ2) is 6.64. The SMILES string of the molecule is CC(NCc1ccc(Br)cc1)c1ccc(F)cc1Br. The van der Waals surface area contributed by atoms with Gasteiger partial charge in [0.25, 0.3) is 0 Å². The van der Waals surface area contributed by atoms with Gasteiger partial charge in [-0.05, 0) is 42.3 Å². The van der Waals surface area contributed by atoms with Crippen LogP contribution in [0, 0.1) is 5.82 Å². The number of halogens is 3. The lowest BCUT2D eigenvalue weighted by Gasteiger charge is -2.16. The summed E-state index contributed by atoms with van der Waals surface area (Å²) in [5.41, 5.74) is 2.27. The Morgan fingerprint density at radius 2 is 1.79 bits per heavy atom. The molecule has 0 aliphatic carbocycles. The van der Waals surface area contributed by atoms with Crippen LogP contribution in [0.25, 0.3) is 0 Å². The summed E-state index contributed by atoms with van der Waals surface area (Å²) in [5, 5.41) is 3.43. The Morgan fingerprint density at radius 3 is 2.42 bits per heavy atom. The van der Waals surface area contributed by atoms with Crippen LogP contribution >= 0.6 is 31.9 Å². The van der Waals surface area contributed by atoms with E-state index in [4.69, 9.17) is 0 Å². The highest BCUT2D eigenvalue weighted by molar-refractivity contribution is 9.10. The molecule has 0 aromatic heterocycles. The first-order chi connectivity index (χ1) is 9.06. The summed E-state index contributed by atoms with van der Waals surface area (Å²) in [6, 6.07) is 13.1. The summed E-state index contributed by atoms with van der Waals surface area (Å²) >= 11 is 6.81. The molecule has 0 spiro atoms. The van der Waals surface area contributed by atoms with Crippen molar-refractivity contribution in [3.63, 3.8) is 0 Å². The van der Waals surface area contributed by atoms with Gasteiger partial charge in [-0.3, -0.25) is 0 Å². The molecule has 0 aliphatic rings. The van der Waals surface area contributed by atoms with Crippen LogP contribution in [0.5, 0.6) is 0 Å². The predicted molar refractivity (Wildman–Crippen MR) is 83.5 cm³/mol. The Kier molecular flexibility index (Phi) is 5.13. The van der Waals surface area contributed by atoms with Crippen molar-refractivity contribution < 1.29 is 4.39 Å². The van der Waals surface area contributed by atoms with Gasteiger partial charge in [-0.25, -0.2) is 4.39 Å². The van der Waals surface area contributed by atoms with Gasteiger partial charge in [-0.2, -0.15) is 0 Å². The second-order valence-corrected chi connectivity index (χ2v) is 6.16. The van der Waals surface area contributed by atoms with Gasteiger partial charge in [0.2, 0.25) is 0 Å².